The molecular formula is C18H21N. The van der Waals surface area contributed by atoms with Crippen molar-refractivity contribution in [3.8, 4) is 11.3 Å². The van der Waals surface area contributed by atoms with Crippen LogP contribution in [0.25, 0.3) is 17.3 Å². The first-order chi connectivity index (χ1) is 9.02. The van der Waals surface area contributed by atoms with Gasteiger partial charge in [-0.2, -0.15) is 0 Å². The summed E-state index contributed by atoms with van der Waals surface area (Å²) < 4.78 is 0. The van der Waals surface area contributed by atoms with E-state index in [1.807, 2.05) is 13.0 Å². The minimum atomic E-state index is 1.06. The van der Waals surface area contributed by atoms with Crippen LogP contribution in [0.3, 0.4) is 0 Å². The molecule has 0 saturated carbocycles. The van der Waals surface area contributed by atoms with E-state index in [-0.39, 0.29) is 0 Å². The fourth-order valence-electron chi connectivity index (χ4n) is 2.38. The van der Waals surface area contributed by atoms with Crippen LogP contribution >= 0.6 is 0 Å². The zero-order chi connectivity index (χ0) is 14.0. The van der Waals surface area contributed by atoms with Crippen LogP contribution in [0.1, 0.15) is 34.9 Å². The molecule has 0 aliphatic rings. The third-order valence-electron chi connectivity index (χ3n) is 3.56. The summed E-state index contributed by atoms with van der Waals surface area (Å²) >= 11 is 0. The number of allylic oxidation sites excluding steroid dienone is 1. The highest BCUT2D eigenvalue weighted by Crippen LogP contribution is 2.26. The van der Waals surface area contributed by atoms with E-state index in [1.165, 1.54) is 27.8 Å². The maximum atomic E-state index is 4.75. The molecule has 19 heavy (non-hydrogen) atoms. The summed E-state index contributed by atoms with van der Waals surface area (Å²) in [5, 5.41) is 0. The van der Waals surface area contributed by atoms with Crippen molar-refractivity contribution in [3.05, 3.63) is 58.3 Å². The molecule has 0 bridgehead atoms. The normalized spacial score (nSPS) is 11.2. The van der Waals surface area contributed by atoms with E-state index in [0.717, 1.165) is 11.4 Å². The first-order valence-corrected chi connectivity index (χ1v) is 6.71. The molecule has 1 heterocycles. The van der Waals surface area contributed by atoms with E-state index in [2.05, 4.69) is 58.0 Å². The molecule has 0 saturated heterocycles. The lowest BCUT2D eigenvalue weighted by molar-refractivity contribution is 1.18. The largest absolute Gasteiger partial charge is 0.253 e. The summed E-state index contributed by atoms with van der Waals surface area (Å²) in [7, 11) is 0. The molecule has 0 aliphatic carbocycles. The van der Waals surface area contributed by atoms with Crippen LogP contribution in [0.4, 0.5) is 0 Å². The third kappa shape index (κ3) is 2.76. The van der Waals surface area contributed by atoms with Gasteiger partial charge < -0.3 is 0 Å². The summed E-state index contributed by atoms with van der Waals surface area (Å²) in [6.07, 6.45) is 4.15. The topological polar surface area (TPSA) is 12.9 Å². The van der Waals surface area contributed by atoms with Crippen molar-refractivity contribution in [1.29, 1.82) is 0 Å². The summed E-state index contributed by atoms with van der Waals surface area (Å²) in [6.45, 7) is 10.6. The van der Waals surface area contributed by atoms with Crippen molar-refractivity contribution >= 4 is 6.08 Å². The van der Waals surface area contributed by atoms with E-state index in [9.17, 15) is 0 Å². The number of rotatable bonds is 2. The smallest absolute Gasteiger partial charge is 0.0708 e. The first kappa shape index (κ1) is 13.5. The summed E-state index contributed by atoms with van der Waals surface area (Å²) in [6, 6.07) is 8.71. The minimum absolute atomic E-state index is 1.06. The number of hydrogen-bond acceptors (Lipinski definition) is 1. The molecule has 1 aromatic carbocycles. The number of nitrogens with zero attached hydrogens (tertiary/aromatic N) is 1. The molecule has 1 nitrogen and oxygen atoms in total. The predicted molar refractivity (Wildman–Crippen MR) is 83.3 cm³/mol. The Morgan fingerprint density at radius 1 is 1.00 bits per heavy atom. The molecule has 1 aromatic heterocycles. The highest BCUT2D eigenvalue weighted by atomic mass is 14.7. The van der Waals surface area contributed by atoms with Gasteiger partial charge in [0.15, 0.2) is 0 Å². The highest BCUT2D eigenvalue weighted by Gasteiger charge is 2.08. The van der Waals surface area contributed by atoms with Crippen LogP contribution in [0.15, 0.2) is 30.3 Å². The van der Waals surface area contributed by atoms with Gasteiger partial charge >= 0.3 is 0 Å². The second-order valence-corrected chi connectivity index (χ2v) is 5.13. The molecule has 0 atom stereocenters. The highest BCUT2D eigenvalue weighted by molar-refractivity contribution is 5.67. The van der Waals surface area contributed by atoms with Gasteiger partial charge in [0.05, 0.1) is 5.69 Å². The Morgan fingerprint density at radius 3 is 2.37 bits per heavy atom. The lowest BCUT2D eigenvalue weighted by Crippen LogP contribution is -1.94. The molecule has 0 amide bonds. The number of hydrogen-bond donors (Lipinski definition) is 0. The van der Waals surface area contributed by atoms with E-state index in [4.69, 9.17) is 4.98 Å². The zero-order valence-corrected chi connectivity index (χ0v) is 12.4. The van der Waals surface area contributed by atoms with Crippen molar-refractivity contribution in [2.45, 2.75) is 34.6 Å². The minimum Gasteiger partial charge on any atom is -0.253 e. The Morgan fingerprint density at radius 2 is 1.74 bits per heavy atom. The number of aryl methyl sites for hydroxylation is 3. The maximum absolute atomic E-state index is 4.75. The van der Waals surface area contributed by atoms with Gasteiger partial charge in [0, 0.05) is 11.3 Å². The van der Waals surface area contributed by atoms with Gasteiger partial charge in [-0.1, -0.05) is 29.8 Å². The fraction of sp³-hybridized carbons (Fsp3) is 0.278. The number of aromatic nitrogens is 1. The number of pyridine rings is 1. The van der Waals surface area contributed by atoms with Crippen molar-refractivity contribution in [2.75, 3.05) is 0 Å². The van der Waals surface area contributed by atoms with Crippen LogP contribution < -0.4 is 0 Å². The van der Waals surface area contributed by atoms with E-state index in [1.54, 1.807) is 0 Å². The Labute approximate surface area is 116 Å². The molecule has 2 rings (SSSR count). The van der Waals surface area contributed by atoms with Gasteiger partial charge in [-0.3, -0.25) is 4.98 Å². The van der Waals surface area contributed by atoms with E-state index in [0.29, 0.717) is 0 Å². The van der Waals surface area contributed by atoms with Crippen molar-refractivity contribution in [1.82, 2.24) is 4.98 Å². The lowest BCUT2D eigenvalue weighted by atomic mass is 9.97. The summed E-state index contributed by atoms with van der Waals surface area (Å²) in [5.41, 5.74) is 8.50. The van der Waals surface area contributed by atoms with Crippen molar-refractivity contribution in [2.24, 2.45) is 0 Å². The van der Waals surface area contributed by atoms with Gasteiger partial charge in [0.1, 0.15) is 0 Å². The van der Waals surface area contributed by atoms with Crippen LogP contribution in [-0.4, -0.2) is 4.98 Å². The molecule has 0 spiro atoms. The van der Waals surface area contributed by atoms with Crippen LogP contribution in [0, 0.1) is 27.7 Å². The van der Waals surface area contributed by atoms with Crippen LogP contribution in [-0.2, 0) is 0 Å². The van der Waals surface area contributed by atoms with Crippen molar-refractivity contribution in [3.63, 3.8) is 0 Å². The molecule has 98 valence electrons. The summed E-state index contributed by atoms with van der Waals surface area (Å²) in [5.74, 6) is 0. The Kier molecular flexibility index (Phi) is 3.84. The third-order valence-corrected chi connectivity index (χ3v) is 3.56. The van der Waals surface area contributed by atoms with E-state index < -0.39 is 0 Å². The number of benzene rings is 1. The molecule has 1 heteroatoms. The standard InChI is InChI=1S/C18H21N/c1-6-7-16-8-9-18(19-15(16)5)17-11-12(2)10-13(3)14(17)4/h6-11H,1-5H3/b7-6-. The molecular weight excluding hydrogens is 230 g/mol. The van der Waals surface area contributed by atoms with Crippen LogP contribution in [0.5, 0.6) is 0 Å². The molecule has 2 aromatic rings. The molecule has 0 unspecified atom stereocenters. The zero-order valence-electron chi connectivity index (χ0n) is 12.4. The molecule has 0 radical (unpaired) electrons. The monoisotopic (exact) mass is 251 g/mol. The average Bonchev–Trinajstić information content (AvgIpc) is 2.36. The lowest BCUT2D eigenvalue weighted by Gasteiger charge is -2.11. The maximum Gasteiger partial charge on any atom is 0.0708 e. The Bertz CT molecular complexity index is 636. The molecule has 0 aliphatic heterocycles. The van der Waals surface area contributed by atoms with Crippen LogP contribution in [0.2, 0.25) is 0 Å². The quantitative estimate of drug-likeness (QED) is 0.730. The second kappa shape index (κ2) is 5.40. The summed E-state index contributed by atoms with van der Waals surface area (Å²) in [4.78, 5) is 4.75. The van der Waals surface area contributed by atoms with E-state index >= 15 is 0 Å². The first-order valence-electron chi connectivity index (χ1n) is 6.71. The fourth-order valence-corrected chi connectivity index (χ4v) is 2.38. The Hall–Kier alpha value is -1.89. The average molecular weight is 251 g/mol. The second-order valence-electron chi connectivity index (χ2n) is 5.13. The molecule has 0 fully saturated rings. The predicted octanol–water partition coefficient (Wildman–Crippen LogP) is 5.02. The van der Waals surface area contributed by atoms with Gasteiger partial charge in [-0.25, -0.2) is 0 Å². The van der Waals surface area contributed by atoms with Gasteiger partial charge in [0.25, 0.3) is 0 Å². The molecule has 0 N–H and O–H groups in total. The van der Waals surface area contributed by atoms with Gasteiger partial charge in [-0.05, 0) is 63.4 Å². The van der Waals surface area contributed by atoms with Crippen molar-refractivity contribution < 1.29 is 0 Å². The van der Waals surface area contributed by atoms with Gasteiger partial charge in [0.2, 0.25) is 0 Å². The Balaban J connectivity index is 2.57. The van der Waals surface area contributed by atoms with Gasteiger partial charge in [-0.15, -0.1) is 0 Å². The SMILES string of the molecule is C/C=C\c1ccc(-c2cc(C)cc(C)c2C)nc1C.